The van der Waals surface area contributed by atoms with E-state index in [0.29, 0.717) is 24.8 Å². The number of carbonyl (C=O) groups is 1. The van der Waals surface area contributed by atoms with Crippen LogP contribution in [0.25, 0.3) is 0 Å². The second kappa shape index (κ2) is 7.20. The number of hydrogen-bond acceptors (Lipinski definition) is 1. The average Bonchev–Trinajstić information content (AvgIpc) is 2.25. The van der Waals surface area contributed by atoms with Crippen LogP contribution in [0.1, 0.15) is 45.2 Å². The Bertz CT molecular complexity index is 382. The molecule has 0 saturated carbocycles. The van der Waals surface area contributed by atoms with E-state index in [0.717, 1.165) is 6.42 Å². The third kappa shape index (κ3) is 5.85. The molecule has 18 heavy (non-hydrogen) atoms. The van der Waals surface area contributed by atoms with E-state index in [1.54, 1.807) is 0 Å². The van der Waals surface area contributed by atoms with Gasteiger partial charge in [0.15, 0.2) is 0 Å². The van der Waals surface area contributed by atoms with Gasteiger partial charge in [0.1, 0.15) is 0 Å². The van der Waals surface area contributed by atoms with Gasteiger partial charge in [0.25, 0.3) is 0 Å². The van der Waals surface area contributed by atoms with Crippen LogP contribution in [-0.2, 0) is 17.8 Å². The first-order valence-electron chi connectivity index (χ1n) is 6.82. The zero-order chi connectivity index (χ0) is 13.5. The molecule has 0 aromatic heterocycles. The highest BCUT2D eigenvalue weighted by Gasteiger charge is 2.05. The second-order valence-corrected chi connectivity index (χ2v) is 5.79. The van der Waals surface area contributed by atoms with Crippen molar-refractivity contribution in [3.05, 3.63) is 35.4 Å². The minimum atomic E-state index is 0.138. The Morgan fingerprint density at radius 1 is 1.11 bits per heavy atom. The SMILES string of the molecule is CC(C)CC(=O)NCc1cccc(CC(C)C)c1. The van der Waals surface area contributed by atoms with Gasteiger partial charge in [-0.3, -0.25) is 4.79 Å². The number of hydrogen-bond donors (Lipinski definition) is 1. The van der Waals surface area contributed by atoms with Gasteiger partial charge in [-0.05, 0) is 29.4 Å². The van der Waals surface area contributed by atoms with Crippen LogP contribution in [-0.4, -0.2) is 5.91 Å². The molecule has 1 aromatic carbocycles. The molecule has 0 heterocycles. The maximum Gasteiger partial charge on any atom is 0.220 e. The van der Waals surface area contributed by atoms with Gasteiger partial charge < -0.3 is 5.32 Å². The Morgan fingerprint density at radius 2 is 1.78 bits per heavy atom. The van der Waals surface area contributed by atoms with Crippen molar-refractivity contribution in [1.82, 2.24) is 5.32 Å². The van der Waals surface area contributed by atoms with Crippen molar-refractivity contribution in [3.63, 3.8) is 0 Å². The lowest BCUT2D eigenvalue weighted by atomic mass is 10.0. The molecule has 2 heteroatoms. The topological polar surface area (TPSA) is 29.1 Å². The summed E-state index contributed by atoms with van der Waals surface area (Å²) in [5, 5.41) is 2.97. The lowest BCUT2D eigenvalue weighted by molar-refractivity contribution is -0.121. The zero-order valence-electron chi connectivity index (χ0n) is 12.0. The third-order valence-corrected chi connectivity index (χ3v) is 2.72. The van der Waals surface area contributed by atoms with Crippen LogP contribution in [0.3, 0.4) is 0 Å². The molecule has 0 radical (unpaired) electrons. The molecule has 0 aliphatic rings. The van der Waals surface area contributed by atoms with Gasteiger partial charge in [0.2, 0.25) is 5.91 Å². The molecule has 0 aliphatic heterocycles. The van der Waals surface area contributed by atoms with Crippen molar-refractivity contribution >= 4 is 5.91 Å². The molecular weight excluding hydrogens is 222 g/mol. The van der Waals surface area contributed by atoms with Crippen LogP contribution in [0.4, 0.5) is 0 Å². The lowest BCUT2D eigenvalue weighted by Crippen LogP contribution is -2.23. The monoisotopic (exact) mass is 247 g/mol. The highest BCUT2D eigenvalue weighted by Crippen LogP contribution is 2.10. The van der Waals surface area contributed by atoms with Gasteiger partial charge in [0, 0.05) is 13.0 Å². The predicted octanol–water partition coefficient (Wildman–Crippen LogP) is 3.55. The van der Waals surface area contributed by atoms with Gasteiger partial charge in [-0.25, -0.2) is 0 Å². The van der Waals surface area contributed by atoms with E-state index < -0.39 is 0 Å². The number of carbonyl (C=O) groups excluding carboxylic acids is 1. The Hall–Kier alpha value is -1.31. The van der Waals surface area contributed by atoms with Gasteiger partial charge in [-0.15, -0.1) is 0 Å². The summed E-state index contributed by atoms with van der Waals surface area (Å²) < 4.78 is 0. The lowest BCUT2D eigenvalue weighted by Gasteiger charge is -2.09. The minimum absolute atomic E-state index is 0.138. The largest absolute Gasteiger partial charge is 0.352 e. The molecule has 0 saturated heterocycles. The van der Waals surface area contributed by atoms with E-state index in [2.05, 4.69) is 57.3 Å². The van der Waals surface area contributed by atoms with Gasteiger partial charge >= 0.3 is 0 Å². The third-order valence-electron chi connectivity index (χ3n) is 2.72. The quantitative estimate of drug-likeness (QED) is 0.818. The summed E-state index contributed by atoms with van der Waals surface area (Å²) in [4.78, 5) is 11.6. The Labute approximate surface area is 111 Å². The normalized spacial score (nSPS) is 11.0. The fraction of sp³-hybridized carbons (Fsp3) is 0.562. The summed E-state index contributed by atoms with van der Waals surface area (Å²) in [6, 6.07) is 8.48. The first kappa shape index (κ1) is 14.7. The van der Waals surface area contributed by atoms with Crippen molar-refractivity contribution in [2.24, 2.45) is 11.8 Å². The van der Waals surface area contributed by atoms with Gasteiger partial charge in [-0.1, -0.05) is 52.0 Å². The van der Waals surface area contributed by atoms with E-state index in [1.807, 2.05) is 0 Å². The summed E-state index contributed by atoms with van der Waals surface area (Å²) >= 11 is 0. The first-order chi connectivity index (χ1) is 8.47. The van der Waals surface area contributed by atoms with E-state index in [-0.39, 0.29) is 5.91 Å². The molecule has 0 atom stereocenters. The van der Waals surface area contributed by atoms with Gasteiger partial charge in [-0.2, -0.15) is 0 Å². The van der Waals surface area contributed by atoms with Crippen LogP contribution >= 0.6 is 0 Å². The van der Waals surface area contributed by atoms with Crippen LogP contribution in [0.5, 0.6) is 0 Å². The average molecular weight is 247 g/mol. The minimum Gasteiger partial charge on any atom is -0.352 e. The molecule has 1 amide bonds. The number of rotatable bonds is 6. The van der Waals surface area contributed by atoms with E-state index in [4.69, 9.17) is 0 Å². The second-order valence-electron chi connectivity index (χ2n) is 5.79. The molecule has 0 unspecified atom stereocenters. The van der Waals surface area contributed by atoms with Gasteiger partial charge in [0.05, 0.1) is 0 Å². The molecule has 1 N–H and O–H groups in total. The Balaban J connectivity index is 2.49. The van der Waals surface area contributed by atoms with Crippen molar-refractivity contribution in [1.29, 1.82) is 0 Å². The fourth-order valence-electron chi connectivity index (χ4n) is 1.98. The Kier molecular flexibility index (Phi) is 5.90. The van der Waals surface area contributed by atoms with Crippen LogP contribution in [0.2, 0.25) is 0 Å². The summed E-state index contributed by atoms with van der Waals surface area (Å²) in [5.41, 5.74) is 2.53. The Morgan fingerprint density at radius 3 is 2.39 bits per heavy atom. The van der Waals surface area contributed by atoms with Crippen molar-refractivity contribution in [3.8, 4) is 0 Å². The number of amides is 1. The number of benzene rings is 1. The fourth-order valence-corrected chi connectivity index (χ4v) is 1.98. The predicted molar refractivity (Wildman–Crippen MR) is 76.3 cm³/mol. The van der Waals surface area contributed by atoms with Crippen molar-refractivity contribution in [2.45, 2.75) is 47.1 Å². The molecular formula is C16H25NO. The summed E-state index contributed by atoms with van der Waals surface area (Å²) in [7, 11) is 0. The van der Waals surface area contributed by atoms with Crippen LogP contribution in [0, 0.1) is 11.8 Å². The summed E-state index contributed by atoms with van der Waals surface area (Å²) in [6.45, 7) is 9.19. The maximum absolute atomic E-state index is 11.6. The maximum atomic E-state index is 11.6. The standard InChI is InChI=1S/C16H25NO/c1-12(2)8-14-6-5-7-15(10-14)11-17-16(18)9-13(3)4/h5-7,10,12-13H,8-9,11H2,1-4H3,(H,17,18). The molecule has 0 aliphatic carbocycles. The van der Waals surface area contributed by atoms with E-state index in [9.17, 15) is 4.79 Å². The molecule has 1 rings (SSSR count). The van der Waals surface area contributed by atoms with Crippen molar-refractivity contribution in [2.75, 3.05) is 0 Å². The molecule has 1 aromatic rings. The van der Waals surface area contributed by atoms with E-state index in [1.165, 1.54) is 11.1 Å². The smallest absolute Gasteiger partial charge is 0.220 e. The molecule has 100 valence electrons. The van der Waals surface area contributed by atoms with E-state index >= 15 is 0 Å². The molecule has 0 spiro atoms. The number of nitrogens with one attached hydrogen (secondary N) is 1. The van der Waals surface area contributed by atoms with Crippen molar-refractivity contribution < 1.29 is 4.79 Å². The first-order valence-corrected chi connectivity index (χ1v) is 6.82. The summed E-state index contributed by atoms with van der Waals surface area (Å²) in [6.07, 6.45) is 1.69. The highest BCUT2D eigenvalue weighted by molar-refractivity contribution is 5.76. The molecule has 0 bridgehead atoms. The van der Waals surface area contributed by atoms with Crippen LogP contribution < -0.4 is 5.32 Å². The molecule has 2 nitrogen and oxygen atoms in total. The van der Waals surface area contributed by atoms with Crippen LogP contribution in [0.15, 0.2) is 24.3 Å². The molecule has 0 fully saturated rings. The summed E-state index contributed by atoms with van der Waals surface area (Å²) in [5.74, 6) is 1.22. The highest BCUT2D eigenvalue weighted by atomic mass is 16.1. The zero-order valence-corrected chi connectivity index (χ0v) is 12.0.